The molecule has 0 spiro atoms. The lowest BCUT2D eigenvalue weighted by Gasteiger charge is -2.40. The van der Waals surface area contributed by atoms with E-state index in [1.807, 2.05) is 30.0 Å². The van der Waals surface area contributed by atoms with Crippen LogP contribution in [-0.2, 0) is 4.79 Å². The van der Waals surface area contributed by atoms with Crippen LogP contribution in [0.4, 0.5) is 5.69 Å². The van der Waals surface area contributed by atoms with Gasteiger partial charge in [-0.25, -0.2) is 0 Å². The molecular formula is C24H31N3O4. The van der Waals surface area contributed by atoms with Gasteiger partial charge in [0.25, 0.3) is 5.91 Å². The summed E-state index contributed by atoms with van der Waals surface area (Å²) in [5.41, 5.74) is 1.68. The lowest BCUT2D eigenvalue weighted by molar-refractivity contribution is -0.137. The lowest BCUT2D eigenvalue weighted by atomic mass is 9.95. The molecule has 2 amide bonds. The van der Waals surface area contributed by atoms with E-state index in [1.165, 1.54) is 0 Å². The predicted octanol–water partition coefficient (Wildman–Crippen LogP) is 3.19. The summed E-state index contributed by atoms with van der Waals surface area (Å²) in [4.78, 5) is 32.1. The molecule has 3 heterocycles. The second kappa shape index (κ2) is 9.45. The number of hydrogen-bond acceptors (Lipinski definition) is 5. The Hall–Kier alpha value is -2.96. The third-order valence-corrected chi connectivity index (χ3v) is 6.24. The molecule has 0 bridgehead atoms. The number of rotatable bonds is 5. The van der Waals surface area contributed by atoms with Crippen LogP contribution in [0.1, 0.15) is 35.9 Å². The molecule has 0 aliphatic carbocycles. The van der Waals surface area contributed by atoms with Crippen molar-refractivity contribution in [3.05, 3.63) is 47.9 Å². The van der Waals surface area contributed by atoms with Gasteiger partial charge in [-0.2, -0.15) is 0 Å². The molecule has 31 heavy (non-hydrogen) atoms. The Morgan fingerprint density at radius 3 is 2.55 bits per heavy atom. The van der Waals surface area contributed by atoms with Gasteiger partial charge in [0.2, 0.25) is 5.91 Å². The highest BCUT2D eigenvalue weighted by Crippen LogP contribution is 2.29. The smallest absolute Gasteiger partial charge is 0.257 e. The third kappa shape index (κ3) is 4.55. The van der Waals surface area contributed by atoms with Gasteiger partial charge in [-0.3, -0.25) is 9.59 Å². The number of ether oxygens (including phenoxy) is 1. The third-order valence-electron chi connectivity index (χ3n) is 6.24. The van der Waals surface area contributed by atoms with Crippen LogP contribution in [0, 0.1) is 12.8 Å². The average molecular weight is 426 g/mol. The zero-order valence-electron chi connectivity index (χ0n) is 18.4. The molecule has 0 saturated carbocycles. The number of para-hydroxylation sites is 2. The fraction of sp³-hybridized carbons (Fsp3) is 0.500. The Balaban J connectivity index is 1.35. The van der Waals surface area contributed by atoms with Crippen LogP contribution in [0.3, 0.4) is 0 Å². The van der Waals surface area contributed by atoms with Gasteiger partial charge in [-0.15, -0.1) is 0 Å². The topological polar surface area (TPSA) is 66.2 Å². The molecule has 4 rings (SSSR count). The first-order chi connectivity index (χ1) is 15.1. The first-order valence-electron chi connectivity index (χ1n) is 11.2. The number of amides is 2. The van der Waals surface area contributed by atoms with E-state index in [9.17, 15) is 9.59 Å². The quantitative estimate of drug-likeness (QED) is 0.736. The zero-order valence-corrected chi connectivity index (χ0v) is 18.4. The Morgan fingerprint density at radius 1 is 1.06 bits per heavy atom. The maximum atomic E-state index is 13.2. The first-order valence-corrected chi connectivity index (χ1v) is 11.2. The van der Waals surface area contributed by atoms with Crippen molar-refractivity contribution in [1.29, 1.82) is 0 Å². The zero-order chi connectivity index (χ0) is 21.8. The molecule has 2 aromatic rings. The maximum Gasteiger partial charge on any atom is 0.257 e. The van der Waals surface area contributed by atoms with Crippen molar-refractivity contribution in [1.82, 2.24) is 9.80 Å². The van der Waals surface area contributed by atoms with E-state index in [0.29, 0.717) is 44.1 Å². The van der Waals surface area contributed by atoms with Crippen molar-refractivity contribution in [2.45, 2.75) is 26.7 Å². The molecule has 2 aliphatic heterocycles. The van der Waals surface area contributed by atoms with Crippen molar-refractivity contribution in [2.24, 2.45) is 5.92 Å². The summed E-state index contributed by atoms with van der Waals surface area (Å²) < 4.78 is 11.0. The minimum absolute atomic E-state index is 0.0406. The number of benzene rings is 1. The van der Waals surface area contributed by atoms with Gasteiger partial charge < -0.3 is 23.9 Å². The Labute approximate surface area is 183 Å². The molecule has 1 unspecified atom stereocenters. The average Bonchev–Trinajstić information content (AvgIpc) is 3.25. The van der Waals surface area contributed by atoms with Crippen LogP contribution in [0.15, 0.2) is 41.0 Å². The fourth-order valence-corrected chi connectivity index (χ4v) is 4.56. The number of furan rings is 1. The van der Waals surface area contributed by atoms with E-state index in [2.05, 4.69) is 11.0 Å². The monoisotopic (exact) mass is 425 g/mol. The molecule has 2 aliphatic rings. The van der Waals surface area contributed by atoms with Gasteiger partial charge in [0.05, 0.1) is 30.0 Å². The standard InChI is InChI=1S/C24H31N3O4/c1-3-30-22-9-5-4-8-21(22)25-12-14-26(15-13-25)23(28)19-7-6-11-27(17-19)24(29)20-10-16-31-18(20)2/h4-5,8-10,16,19H,3,6-7,11-15,17H2,1-2H3. The predicted molar refractivity (Wildman–Crippen MR) is 118 cm³/mol. The highest BCUT2D eigenvalue weighted by molar-refractivity contribution is 5.95. The Morgan fingerprint density at radius 2 is 1.84 bits per heavy atom. The number of carbonyl (C=O) groups is 2. The summed E-state index contributed by atoms with van der Waals surface area (Å²) in [5, 5.41) is 0. The van der Waals surface area contributed by atoms with Crippen molar-refractivity contribution in [3.8, 4) is 5.75 Å². The fourth-order valence-electron chi connectivity index (χ4n) is 4.56. The van der Waals surface area contributed by atoms with E-state index in [1.54, 1.807) is 24.2 Å². The van der Waals surface area contributed by atoms with Crippen molar-refractivity contribution < 1.29 is 18.7 Å². The normalized spacial score (nSPS) is 19.4. The maximum absolute atomic E-state index is 13.2. The molecule has 7 heteroatoms. The van der Waals surface area contributed by atoms with Gasteiger partial charge in [-0.05, 0) is 44.9 Å². The van der Waals surface area contributed by atoms with Crippen molar-refractivity contribution in [3.63, 3.8) is 0 Å². The van der Waals surface area contributed by atoms with Crippen LogP contribution < -0.4 is 9.64 Å². The highest BCUT2D eigenvalue weighted by atomic mass is 16.5. The van der Waals surface area contributed by atoms with Gasteiger partial charge in [-0.1, -0.05) is 12.1 Å². The lowest BCUT2D eigenvalue weighted by Crippen LogP contribution is -2.53. The second-order valence-electron chi connectivity index (χ2n) is 8.19. The number of likely N-dealkylation sites (tertiary alicyclic amines) is 1. The summed E-state index contributed by atoms with van der Waals surface area (Å²) >= 11 is 0. The van der Waals surface area contributed by atoms with Gasteiger partial charge >= 0.3 is 0 Å². The summed E-state index contributed by atoms with van der Waals surface area (Å²) in [5.74, 6) is 1.51. The molecule has 166 valence electrons. The summed E-state index contributed by atoms with van der Waals surface area (Å²) in [6.45, 7) is 8.51. The van der Waals surface area contributed by atoms with Crippen LogP contribution in [0.2, 0.25) is 0 Å². The van der Waals surface area contributed by atoms with Crippen molar-refractivity contribution >= 4 is 17.5 Å². The molecule has 7 nitrogen and oxygen atoms in total. The molecular weight excluding hydrogens is 394 g/mol. The van der Waals surface area contributed by atoms with Gasteiger partial charge in [0.15, 0.2) is 0 Å². The minimum Gasteiger partial charge on any atom is -0.492 e. The number of aryl methyl sites for hydroxylation is 1. The number of nitrogens with zero attached hydrogens (tertiary/aromatic N) is 3. The van der Waals surface area contributed by atoms with Crippen molar-refractivity contribution in [2.75, 3.05) is 50.8 Å². The summed E-state index contributed by atoms with van der Waals surface area (Å²) in [6, 6.07) is 9.78. The number of piperidine rings is 1. The number of carbonyl (C=O) groups excluding carboxylic acids is 2. The van der Waals surface area contributed by atoms with Gasteiger partial charge in [0.1, 0.15) is 11.5 Å². The van der Waals surface area contributed by atoms with E-state index in [-0.39, 0.29) is 17.7 Å². The second-order valence-corrected chi connectivity index (χ2v) is 8.19. The summed E-state index contributed by atoms with van der Waals surface area (Å²) in [6.07, 6.45) is 3.22. The van der Waals surface area contributed by atoms with Crippen LogP contribution in [0.25, 0.3) is 0 Å². The van der Waals surface area contributed by atoms with E-state index >= 15 is 0 Å². The van der Waals surface area contributed by atoms with E-state index < -0.39 is 0 Å². The molecule has 1 atom stereocenters. The van der Waals surface area contributed by atoms with Crippen LogP contribution in [0.5, 0.6) is 5.75 Å². The highest BCUT2D eigenvalue weighted by Gasteiger charge is 2.33. The Bertz CT molecular complexity index is 917. The molecule has 2 saturated heterocycles. The van der Waals surface area contributed by atoms with Crippen LogP contribution >= 0.6 is 0 Å². The number of hydrogen-bond donors (Lipinski definition) is 0. The molecule has 2 fully saturated rings. The summed E-state index contributed by atoms with van der Waals surface area (Å²) in [7, 11) is 0. The first kappa shape index (κ1) is 21.3. The molecule has 1 aromatic heterocycles. The van der Waals surface area contributed by atoms with E-state index in [4.69, 9.17) is 9.15 Å². The largest absolute Gasteiger partial charge is 0.492 e. The Kier molecular flexibility index (Phi) is 6.49. The van der Waals surface area contributed by atoms with Gasteiger partial charge in [0, 0.05) is 39.3 Å². The van der Waals surface area contributed by atoms with Crippen LogP contribution in [-0.4, -0.2) is 67.5 Å². The molecule has 1 aromatic carbocycles. The van der Waals surface area contributed by atoms with E-state index in [0.717, 1.165) is 37.4 Å². The number of piperazine rings is 1. The molecule has 0 radical (unpaired) electrons. The SMILES string of the molecule is CCOc1ccccc1N1CCN(C(=O)C2CCCN(C(=O)c3ccoc3C)C2)CC1. The number of anilines is 1. The minimum atomic E-state index is -0.132. The molecule has 0 N–H and O–H groups in total.